The first-order valence-electron chi connectivity index (χ1n) is 5.47. The van der Waals surface area contributed by atoms with Crippen LogP contribution in [0.5, 0.6) is 0 Å². The molecule has 0 amide bonds. The van der Waals surface area contributed by atoms with Crippen molar-refractivity contribution < 1.29 is 0 Å². The number of nitrogens with one attached hydrogen (secondary N) is 1. The Labute approximate surface area is 82.7 Å². The molecular weight excluding hydrogens is 160 g/mol. The Bertz CT molecular complexity index is 149. The Morgan fingerprint density at radius 3 is 2.62 bits per heavy atom. The second kappa shape index (κ2) is 4.43. The first-order valence-corrected chi connectivity index (χ1v) is 5.47. The van der Waals surface area contributed by atoms with E-state index in [-0.39, 0.29) is 0 Å². The molecule has 0 aliphatic carbocycles. The molecule has 0 aromatic carbocycles. The highest BCUT2D eigenvalue weighted by Gasteiger charge is 2.27. The molecule has 2 heteroatoms. The van der Waals surface area contributed by atoms with Crippen molar-refractivity contribution in [1.82, 2.24) is 10.2 Å². The summed E-state index contributed by atoms with van der Waals surface area (Å²) >= 11 is 0. The highest BCUT2D eigenvalue weighted by atomic mass is 15.2. The number of hydrogen-bond acceptors (Lipinski definition) is 2. The summed E-state index contributed by atoms with van der Waals surface area (Å²) in [5, 5.41) is 3.53. The summed E-state index contributed by atoms with van der Waals surface area (Å²) in [5.74, 6) is 0.787. The first-order chi connectivity index (χ1) is 6.04. The molecule has 1 aliphatic rings. The van der Waals surface area contributed by atoms with Gasteiger partial charge in [-0.1, -0.05) is 27.7 Å². The first kappa shape index (κ1) is 11.0. The number of likely N-dealkylation sites (N-methyl/N-ethyl adjacent to an activating group) is 1. The number of rotatable bonds is 1. The van der Waals surface area contributed by atoms with Crippen LogP contribution in [-0.4, -0.2) is 37.6 Å². The van der Waals surface area contributed by atoms with E-state index in [4.69, 9.17) is 0 Å². The molecule has 1 saturated heterocycles. The number of nitrogens with zero attached hydrogens (tertiary/aromatic N) is 1. The fourth-order valence-corrected chi connectivity index (χ4v) is 1.85. The molecule has 1 N–H and O–H groups in total. The van der Waals surface area contributed by atoms with Crippen molar-refractivity contribution in [3.63, 3.8) is 0 Å². The van der Waals surface area contributed by atoms with Crippen LogP contribution in [0.3, 0.4) is 0 Å². The quantitative estimate of drug-likeness (QED) is 0.665. The highest BCUT2D eigenvalue weighted by molar-refractivity contribution is 4.81. The topological polar surface area (TPSA) is 15.3 Å². The van der Waals surface area contributed by atoms with Crippen molar-refractivity contribution in [2.45, 2.75) is 27.7 Å². The van der Waals surface area contributed by atoms with Gasteiger partial charge in [-0.05, 0) is 24.4 Å². The monoisotopic (exact) mass is 184 g/mol. The minimum Gasteiger partial charge on any atom is -0.315 e. The van der Waals surface area contributed by atoms with Gasteiger partial charge in [0.1, 0.15) is 0 Å². The van der Waals surface area contributed by atoms with Crippen LogP contribution in [0.1, 0.15) is 27.7 Å². The van der Waals surface area contributed by atoms with E-state index >= 15 is 0 Å². The molecule has 0 bridgehead atoms. The fourth-order valence-electron chi connectivity index (χ4n) is 1.85. The predicted molar refractivity (Wildman–Crippen MR) is 57.9 cm³/mol. The Balaban J connectivity index is 2.54. The van der Waals surface area contributed by atoms with Crippen LogP contribution in [0.25, 0.3) is 0 Å². The van der Waals surface area contributed by atoms with Crippen LogP contribution < -0.4 is 5.32 Å². The molecule has 0 radical (unpaired) electrons. The Morgan fingerprint density at radius 1 is 1.38 bits per heavy atom. The second-order valence-electron chi connectivity index (χ2n) is 5.16. The molecule has 0 aromatic heterocycles. The minimum absolute atomic E-state index is 0.435. The van der Waals surface area contributed by atoms with Gasteiger partial charge in [0, 0.05) is 19.6 Å². The van der Waals surface area contributed by atoms with Gasteiger partial charge in [-0.3, -0.25) is 0 Å². The summed E-state index contributed by atoms with van der Waals surface area (Å²) in [6, 6.07) is 0. The Kier molecular flexibility index (Phi) is 3.74. The third-order valence-electron chi connectivity index (χ3n) is 3.15. The van der Waals surface area contributed by atoms with Gasteiger partial charge < -0.3 is 10.2 Å². The lowest BCUT2D eigenvalue weighted by molar-refractivity contribution is 0.174. The lowest BCUT2D eigenvalue weighted by atomic mass is 9.80. The molecule has 2 nitrogen and oxygen atoms in total. The lowest BCUT2D eigenvalue weighted by Gasteiger charge is -2.32. The highest BCUT2D eigenvalue weighted by Crippen LogP contribution is 2.26. The van der Waals surface area contributed by atoms with Crippen LogP contribution in [0.15, 0.2) is 0 Å². The summed E-state index contributed by atoms with van der Waals surface area (Å²) in [7, 11) is 0. The van der Waals surface area contributed by atoms with Crippen LogP contribution in [0.2, 0.25) is 0 Å². The maximum absolute atomic E-state index is 3.53. The lowest BCUT2D eigenvalue weighted by Crippen LogP contribution is -2.36. The molecule has 78 valence electrons. The van der Waals surface area contributed by atoms with Crippen molar-refractivity contribution in [1.29, 1.82) is 0 Å². The van der Waals surface area contributed by atoms with Gasteiger partial charge in [-0.15, -0.1) is 0 Å². The zero-order valence-electron chi connectivity index (χ0n) is 9.56. The van der Waals surface area contributed by atoms with E-state index < -0.39 is 0 Å². The van der Waals surface area contributed by atoms with Crippen molar-refractivity contribution in [2.75, 3.05) is 32.7 Å². The van der Waals surface area contributed by atoms with E-state index in [1.54, 1.807) is 0 Å². The average Bonchev–Trinajstić information content (AvgIpc) is 2.27. The van der Waals surface area contributed by atoms with Gasteiger partial charge in [-0.25, -0.2) is 0 Å². The largest absolute Gasteiger partial charge is 0.315 e. The summed E-state index contributed by atoms with van der Waals surface area (Å²) in [4.78, 5) is 2.55. The van der Waals surface area contributed by atoms with Gasteiger partial charge in [0.25, 0.3) is 0 Å². The van der Waals surface area contributed by atoms with Gasteiger partial charge >= 0.3 is 0 Å². The maximum Gasteiger partial charge on any atom is 0.0107 e. The fraction of sp³-hybridized carbons (Fsp3) is 1.00. The smallest absolute Gasteiger partial charge is 0.0107 e. The van der Waals surface area contributed by atoms with E-state index in [1.165, 1.54) is 26.2 Å². The van der Waals surface area contributed by atoms with Crippen LogP contribution >= 0.6 is 0 Å². The molecule has 0 aromatic rings. The van der Waals surface area contributed by atoms with E-state index in [0.29, 0.717) is 5.41 Å². The predicted octanol–water partition coefficient (Wildman–Crippen LogP) is 1.57. The molecule has 1 unspecified atom stereocenters. The van der Waals surface area contributed by atoms with Crippen LogP contribution in [-0.2, 0) is 0 Å². The molecule has 1 rings (SSSR count). The van der Waals surface area contributed by atoms with Gasteiger partial charge in [0.2, 0.25) is 0 Å². The summed E-state index contributed by atoms with van der Waals surface area (Å²) in [6.45, 7) is 15.3. The molecule has 1 fully saturated rings. The van der Waals surface area contributed by atoms with Gasteiger partial charge in [0.15, 0.2) is 0 Å². The molecule has 1 atom stereocenters. The maximum atomic E-state index is 3.53. The summed E-state index contributed by atoms with van der Waals surface area (Å²) in [6.07, 6.45) is 0. The summed E-state index contributed by atoms with van der Waals surface area (Å²) in [5.41, 5.74) is 0.435. The minimum atomic E-state index is 0.435. The molecule has 1 heterocycles. The molecule has 0 spiro atoms. The van der Waals surface area contributed by atoms with Crippen molar-refractivity contribution in [3.05, 3.63) is 0 Å². The molecular formula is C11H24N2. The number of hydrogen-bond donors (Lipinski definition) is 1. The summed E-state index contributed by atoms with van der Waals surface area (Å²) < 4.78 is 0. The third-order valence-corrected chi connectivity index (χ3v) is 3.15. The normalized spacial score (nSPS) is 27.2. The van der Waals surface area contributed by atoms with E-state index in [0.717, 1.165) is 12.5 Å². The molecule has 0 saturated carbocycles. The Morgan fingerprint density at radius 2 is 2.08 bits per heavy atom. The van der Waals surface area contributed by atoms with Crippen LogP contribution in [0.4, 0.5) is 0 Å². The zero-order valence-corrected chi connectivity index (χ0v) is 9.56. The molecule has 13 heavy (non-hydrogen) atoms. The average molecular weight is 184 g/mol. The van der Waals surface area contributed by atoms with Crippen molar-refractivity contribution >= 4 is 0 Å². The zero-order chi connectivity index (χ0) is 9.90. The van der Waals surface area contributed by atoms with Gasteiger partial charge in [0.05, 0.1) is 0 Å². The molecule has 1 aliphatic heterocycles. The van der Waals surface area contributed by atoms with Crippen LogP contribution in [0, 0.1) is 11.3 Å². The van der Waals surface area contributed by atoms with E-state index in [9.17, 15) is 0 Å². The third kappa shape index (κ3) is 3.28. The van der Waals surface area contributed by atoms with Crippen molar-refractivity contribution in [3.8, 4) is 0 Å². The van der Waals surface area contributed by atoms with E-state index in [2.05, 4.69) is 37.9 Å². The Hall–Kier alpha value is -0.0800. The SMILES string of the molecule is CCN1CCNCC(C(C)(C)C)C1. The standard InChI is InChI=1S/C11H24N2/c1-5-13-7-6-12-8-10(9-13)11(2,3)4/h10,12H,5-9H2,1-4H3. The van der Waals surface area contributed by atoms with E-state index in [1.807, 2.05) is 0 Å². The van der Waals surface area contributed by atoms with Gasteiger partial charge in [-0.2, -0.15) is 0 Å². The van der Waals surface area contributed by atoms with Crippen molar-refractivity contribution in [2.24, 2.45) is 11.3 Å². The second-order valence-corrected chi connectivity index (χ2v) is 5.16.